The second-order valence-corrected chi connectivity index (χ2v) is 9.05. The molecule has 1 saturated heterocycles. The van der Waals surface area contributed by atoms with Crippen molar-refractivity contribution in [2.45, 2.75) is 30.3 Å². The Morgan fingerprint density at radius 1 is 1.03 bits per heavy atom. The summed E-state index contributed by atoms with van der Waals surface area (Å²) in [4.78, 5) is 14.6. The van der Waals surface area contributed by atoms with E-state index in [0.717, 1.165) is 37.7 Å². The van der Waals surface area contributed by atoms with E-state index in [9.17, 15) is 26.4 Å². The summed E-state index contributed by atoms with van der Waals surface area (Å²) in [5, 5.41) is 2.54. The molecular formula is C20H21F3N2O3S. The number of hydrogen-bond acceptors (Lipinski definition) is 4. The maximum absolute atomic E-state index is 13.2. The second kappa shape index (κ2) is 8.06. The highest BCUT2D eigenvalue weighted by molar-refractivity contribution is 7.90. The zero-order chi connectivity index (χ0) is 21.2. The van der Waals surface area contributed by atoms with Crippen LogP contribution in [0.3, 0.4) is 0 Å². The lowest BCUT2D eigenvalue weighted by Crippen LogP contribution is -2.30. The van der Waals surface area contributed by atoms with Gasteiger partial charge in [0.15, 0.2) is 9.84 Å². The first kappa shape index (κ1) is 21.2. The SMILES string of the molecule is CS(=O)(=O)c1cccc(C(=O)Nc2cc(C(F)(F)F)ccc2N2CCCCC2)c1. The Hall–Kier alpha value is -2.55. The van der Waals surface area contributed by atoms with Gasteiger partial charge in [0.25, 0.3) is 5.91 Å². The van der Waals surface area contributed by atoms with Crippen molar-refractivity contribution in [3.05, 3.63) is 53.6 Å². The Morgan fingerprint density at radius 3 is 2.34 bits per heavy atom. The standard InChI is InChI=1S/C20H21F3N2O3S/c1-29(27,28)16-7-5-6-14(12-16)19(26)24-17-13-15(20(21,22)23)8-9-18(17)25-10-3-2-4-11-25/h5-9,12-13H,2-4,10-11H2,1H3,(H,24,26). The van der Waals surface area contributed by atoms with Crippen LogP contribution in [0.2, 0.25) is 0 Å². The van der Waals surface area contributed by atoms with Crippen LogP contribution in [0.25, 0.3) is 0 Å². The largest absolute Gasteiger partial charge is 0.416 e. The molecule has 0 saturated carbocycles. The summed E-state index contributed by atoms with van der Waals surface area (Å²) in [5.41, 5.74) is -0.241. The molecule has 9 heteroatoms. The fraction of sp³-hybridized carbons (Fsp3) is 0.350. The predicted octanol–water partition coefficient (Wildman–Crippen LogP) is 4.35. The van der Waals surface area contributed by atoms with Crippen LogP contribution < -0.4 is 10.2 Å². The van der Waals surface area contributed by atoms with Crippen molar-refractivity contribution in [2.75, 3.05) is 29.6 Å². The van der Waals surface area contributed by atoms with Gasteiger partial charge < -0.3 is 10.2 Å². The lowest BCUT2D eigenvalue weighted by atomic mass is 10.1. The molecule has 0 bridgehead atoms. The fourth-order valence-electron chi connectivity index (χ4n) is 3.29. The Kier molecular flexibility index (Phi) is 5.88. The van der Waals surface area contributed by atoms with Crippen molar-refractivity contribution in [1.29, 1.82) is 0 Å². The maximum Gasteiger partial charge on any atom is 0.416 e. The number of halogens is 3. The molecule has 1 fully saturated rings. The lowest BCUT2D eigenvalue weighted by molar-refractivity contribution is -0.137. The number of hydrogen-bond donors (Lipinski definition) is 1. The Balaban J connectivity index is 1.96. The monoisotopic (exact) mass is 426 g/mol. The van der Waals surface area contributed by atoms with Gasteiger partial charge >= 0.3 is 6.18 Å². The van der Waals surface area contributed by atoms with Crippen molar-refractivity contribution in [3.63, 3.8) is 0 Å². The maximum atomic E-state index is 13.2. The van der Waals surface area contributed by atoms with Crippen LogP contribution in [0, 0.1) is 0 Å². The van der Waals surface area contributed by atoms with Gasteiger partial charge in [0.05, 0.1) is 21.8 Å². The number of nitrogens with one attached hydrogen (secondary N) is 1. The lowest BCUT2D eigenvalue weighted by Gasteiger charge is -2.31. The smallest absolute Gasteiger partial charge is 0.370 e. The molecule has 0 spiro atoms. The average Bonchev–Trinajstić information content (AvgIpc) is 2.67. The molecule has 0 atom stereocenters. The minimum atomic E-state index is -4.55. The molecule has 156 valence electrons. The molecule has 29 heavy (non-hydrogen) atoms. The first-order valence-electron chi connectivity index (χ1n) is 9.13. The van der Waals surface area contributed by atoms with Gasteiger partial charge in [-0.2, -0.15) is 13.2 Å². The fourth-order valence-corrected chi connectivity index (χ4v) is 3.95. The summed E-state index contributed by atoms with van der Waals surface area (Å²) >= 11 is 0. The third kappa shape index (κ3) is 5.09. The van der Waals surface area contributed by atoms with Crippen LogP contribution in [-0.4, -0.2) is 33.7 Å². The van der Waals surface area contributed by atoms with E-state index in [4.69, 9.17) is 0 Å². The highest BCUT2D eigenvalue weighted by atomic mass is 32.2. The van der Waals surface area contributed by atoms with Crippen molar-refractivity contribution < 1.29 is 26.4 Å². The predicted molar refractivity (Wildman–Crippen MR) is 105 cm³/mol. The Labute approximate surface area is 167 Å². The van der Waals surface area contributed by atoms with Crippen molar-refractivity contribution in [2.24, 2.45) is 0 Å². The minimum Gasteiger partial charge on any atom is -0.370 e. The minimum absolute atomic E-state index is 0.0366. The normalized spacial score (nSPS) is 15.2. The van der Waals surface area contributed by atoms with Crippen LogP contribution in [0.1, 0.15) is 35.2 Å². The molecule has 1 aliphatic rings. The van der Waals surface area contributed by atoms with Gasteiger partial charge in [-0.25, -0.2) is 8.42 Å². The van der Waals surface area contributed by atoms with E-state index >= 15 is 0 Å². The Bertz CT molecular complexity index is 1010. The number of rotatable bonds is 4. The van der Waals surface area contributed by atoms with Gasteiger partial charge in [-0.15, -0.1) is 0 Å². The number of amides is 1. The molecule has 2 aromatic rings. The van der Waals surface area contributed by atoms with Crippen molar-refractivity contribution in [3.8, 4) is 0 Å². The molecule has 2 aromatic carbocycles. The zero-order valence-corrected chi connectivity index (χ0v) is 16.6. The molecule has 0 aliphatic carbocycles. The van der Waals surface area contributed by atoms with Crippen molar-refractivity contribution >= 4 is 27.1 Å². The summed E-state index contributed by atoms with van der Waals surface area (Å²) in [6, 6.07) is 8.69. The van der Waals surface area contributed by atoms with E-state index in [0.29, 0.717) is 18.8 Å². The molecule has 0 radical (unpaired) electrons. The van der Waals surface area contributed by atoms with E-state index in [1.54, 1.807) is 0 Å². The molecular weight excluding hydrogens is 405 g/mol. The molecule has 0 unspecified atom stereocenters. The van der Waals surface area contributed by atoms with E-state index in [-0.39, 0.29) is 16.1 Å². The van der Waals surface area contributed by atoms with E-state index in [1.807, 2.05) is 4.90 Å². The highest BCUT2D eigenvalue weighted by Gasteiger charge is 2.32. The number of carbonyl (C=O) groups is 1. The number of piperidine rings is 1. The Morgan fingerprint density at radius 2 is 1.72 bits per heavy atom. The number of carbonyl (C=O) groups excluding carboxylic acids is 1. The van der Waals surface area contributed by atoms with E-state index in [1.165, 1.54) is 30.3 Å². The van der Waals surface area contributed by atoms with E-state index < -0.39 is 27.5 Å². The van der Waals surface area contributed by atoms with Crippen LogP contribution in [0.4, 0.5) is 24.5 Å². The summed E-state index contributed by atoms with van der Waals surface area (Å²) in [7, 11) is -3.52. The number of nitrogens with zero attached hydrogens (tertiary/aromatic N) is 1. The first-order valence-corrected chi connectivity index (χ1v) is 11.0. The van der Waals surface area contributed by atoms with Crippen LogP contribution >= 0.6 is 0 Å². The molecule has 1 N–H and O–H groups in total. The third-order valence-electron chi connectivity index (χ3n) is 4.79. The third-order valence-corrected chi connectivity index (χ3v) is 5.90. The summed E-state index contributed by atoms with van der Waals surface area (Å²) in [5.74, 6) is -0.673. The van der Waals surface area contributed by atoms with E-state index in [2.05, 4.69) is 5.32 Å². The summed E-state index contributed by atoms with van der Waals surface area (Å²) < 4.78 is 63.0. The highest BCUT2D eigenvalue weighted by Crippen LogP contribution is 2.36. The number of alkyl halides is 3. The van der Waals surface area contributed by atoms with Gasteiger partial charge in [-0.05, 0) is 55.7 Å². The molecule has 0 aromatic heterocycles. The molecule has 1 amide bonds. The van der Waals surface area contributed by atoms with Crippen LogP contribution in [-0.2, 0) is 16.0 Å². The first-order chi connectivity index (χ1) is 13.6. The van der Waals surface area contributed by atoms with Gasteiger partial charge in [0, 0.05) is 24.9 Å². The number of sulfone groups is 1. The second-order valence-electron chi connectivity index (χ2n) is 7.03. The van der Waals surface area contributed by atoms with Crippen LogP contribution in [0.15, 0.2) is 47.4 Å². The molecule has 5 nitrogen and oxygen atoms in total. The zero-order valence-electron chi connectivity index (χ0n) is 15.8. The molecule has 1 aliphatic heterocycles. The molecule has 3 rings (SSSR count). The summed E-state index contributed by atoms with van der Waals surface area (Å²) in [6.45, 7) is 1.38. The van der Waals surface area contributed by atoms with Crippen LogP contribution in [0.5, 0.6) is 0 Å². The van der Waals surface area contributed by atoms with Gasteiger partial charge in [0.2, 0.25) is 0 Å². The number of benzene rings is 2. The van der Waals surface area contributed by atoms with Crippen molar-refractivity contribution in [1.82, 2.24) is 0 Å². The number of anilines is 2. The molecule has 1 heterocycles. The van der Waals surface area contributed by atoms with Gasteiger partial charge in [-0.1, -0.05) is 6.07 Å². The van der Waals surface area contributed by atoms with Gasteiger partial charge in [-0.3, -0.25) is 4.79 Å². The quantitative estimate of drug-likeness (QED) is 0.789. The summed E-state index contributed by atoms with van der Waals surface area (Å²) in [6.07, 6.45) is -0.631. The average molecular weight is 426 g/mol. The van der Waals surface area contributed by atoms with Gasteiger partial charge in [0.1, 0.15) is 0 Å². The topological polar surface area (TPSA) is 66.5 Å².